The topological polar surface area (TPSA) is 75.0 Å². The molecule has 2 aromatic rings. The summed E-state index contributed by atoms with van der Waals surface area (Å²) < 4.78 is 39.7. The fourth-order valence-corrected chi connectivity index (χ4v) is 3.98. The number of aliphatic carboxylic acids is 1. The maximum Gasteiger partial charge on any atom is 0.490 e. The van der Waals surface area contributed by atoms with E-state index in [4.69, 9.17) is 14.6 Å². The largest absolute Gasteiger partial charge is 0.490 e. The lowest BCUT2D eigenvalue weighted by molar-refractivity contribution is -0.192. The molecule has 1 aliphatic rings. The molecule has 0 aromatic carbocycles. The average molecular weight is 476 g/mol. The van der Waals surface area contributed by atoms with E-state index in [9.17, 15) is 18.0 Å². The molecule has 1 N–H and O–H groups in total. The molecule has 3 rings (SSSR count). The van der Waals surface area contributed by atoms with E-state index in [2.05, 4.69) is 45.3 Å². The minimum atomic E-state index is -5.08. The van der Waals surface area contributed by atoms with Gasteiger partial charge in [-0.25, -0.2) is 4.79 Å². The normalized spacial score (nSPS) is 16.5. The molecule has 0 bridgehead atoms. The Morgan fingerprint density at radius 3 is 2.56 bits per heavy atom. The van der Waals surface area contributed by atoms with Gasteiger partial charge in [0, 0.05) is 63.6 Å². The lowest BCUT2D eigenvalue weighted by atomic mass is 10.1. The number of ether oxygens (including phenoxy) is 1. The summed E-state index contributed by atoms with van der Waals surface area (Å²) in [6, 6.07) is 8.68. The lowest BCUT2D eigenvalue weighted by Gasteiger charge is -2.23. The third kappa shape index (κ3) is 8.64. The van der Waals surface area contributed by atoms with Gasteiger partial charge in [0.15, 0.2) is 0 Å². The van der Waals surface area contributed by atoms with Gasteiger partial charge in [-0.1, -0.05) is 6.07 Å². The van der Waals surface area contributed by atoms with Gasteiger partial charge >= 0.3 is 12.1 Å². The third-order valence-corrected chi connectivity index (χ3v) is 5.74. The van der Waals surface area contributed by atoms with Crippen LogP contribution in [0.1, 0.15) is 17.0 Å². The molecule has 0 saturated carbocycles. The van der Waals surface area contributed by atoms with Crippen LogP contribution in [0.2, 0.25) is 0 Å². The predicted octanol–water partition coefficient (Wildman–Crippen LogP) is 3.31. The lowest BCUT2D eigenvalue weighted by Crippen LogP contribution is -2.29. The van der Waals surface area contributed by atoms with Crippen LogP contribution in [0.3, 0.4) is 0 Å². The summed E-state index contributed by atoms with van der Waals surface area (Å²) in [4.78, 5) is 26.0. The van der Waals surface area contributed by atoms with E-state index in [0.717, 1.165) is 32.6 Å². The number of aromatic nitrogens is 1. The first-order valence-electron chi connectivity index (χ1n) is 10.0. The number of carbonyl (C=O) groups excluding carboxylic acids is 1. The summed E-state index contributed by atoms with van der Waals surface area (Å²) in [7, 11) is 3.51. The highest BCUT2D eigenvalue weighted by Crippen LogP contribution is 2.22. The Hall–Kier alpha value is -2.37. The molecule has 32 heavy (non-hydrogen) atoms. The molecule has 1 atom stereocenters. The Morgan fingerprint density at radius 2 is 1.97 bits per heavy atom. The van der Waals surface area contributed by atoms with Gasteiger partial charge in [-0.15, -0.1) is 11.3 Å². The highest BCUT2D eigenvalue weighted by molar-refractivity contribution is 7.09. The number of likely N-dealkylation sites (N-methyl/N-ethyl adjacent to an activating group) is 1. The maximum atomic E-state index is 11.6. The third-order valence-electron chi connectivity index (χ3n) is 4.88. The zero-order valence-corrected chi connectivity index (χ0v) is 18.9. The Kier molecular flexibility index (Phi) is 9.73. The van der Waals surface area contributed by atoms with Gasteiger partial charge in [0.25, 0.3) is 0 Å². The minimum absolute atomic E-state index is 0.0212. The van der Waals surface area contributed by atoms with Crippen molar-refractivity contribution in [1.82, 2.24) is 14.4 Å². The average Bonchev–Trinajstić information content (AvgIpc) is 3.34. The predicted molar refractivity (Wildman–Crippen MR) is 114 cm³/mol. The Bertz CT molecular complexity index is 853. The number of thiophene rings is 1. The number of nitrogens with zero attached hydrogens (tertiary/aromatic N) is 3. The first-order valence-corrected chi connectivity index (χ1v) is 10.9. The molecule has 2 aromatic heterocycles. The maximum absolute atomic E-state index is 11.6. The van der Waals surface area contributed by atoms with Crippen molar-refractivity contribution < 1.29 is 32.6 Å². The molecule has 11 heteroatoms. The van der Waals surface area contributed by atoms with Gasteiger partial charge in [-0.05, 0) is 35.9 Å². The van der Waals surface area contributed by atoms with E-state index in [1.54, 1.807) is 19.0 Å². The van der Waals surface area contributed by atoms with Gasteiger partial charge in [0.05, 0.1) is 0 Å². The number of rotatable bonds is 7. The number of carbonyl (C=O) groups is 2. The van der Waals surface area contributed by atoms with Gasteiger partial charge in [0.1, 0.15) is 6.61 Å². The van der Waals surface area contributed by atoms with Gasteiger partial charge in [-0.2, -0.15) is 13.2 Å². The van der Waals surface area contributed by atoms with Crippen LogP contribution in [-0.2, 0) is 34.0 Å². The number of hydrogen-bond donors (Lipinski definition) is 1. The van der Waals surface area contributed by atoms with E-state index < -0.39 is 12.1 Å². The standard InChI is InChI=1S/C19H27N3O2S.C2HF3O2/c1-20(2)19(23)15-24-9-7-16-11-21(14-18-6-4-10-25-18)13-17-5-3-8-22(17)12-16;3-2(4,5)1(6)7/h3-6,8,10,16H,7,9,11-15H2,1-2H3;(H,6,7). The highest BCUT2D eigenvalue weighted by Gasteiger charge is 2.38. The zero-order valence-electron chi connectivity index (χ0n) is 18.0. The molecule has 178 valence electrons. The molecule has 0 aliphatic carbocycles. The molecule has 3 heterocycles. The van der Waals surface area contributed by atoms with E-state index in [-0.39, 0.29) is 12.5 Å². The molecular weight excluding hydrogens is 447 g/mol. The molecule has 1 amide bonds. The molecule has 0 spiro atoms. The van der Waals surface area contributed by atoms with Crippen LogP contribution in [-0.4, -0.2) is 71.4 Å². The van der Waals surface area contributed by atoms with Crippen LogP contribution < -0.4 is 0 Å². The number of carboxylic acid groups (broad SMARTS) is 1. The van der Waals surface area contributed by atoms with Crippen molar-refractivity contribution in [3.8, 4) is 0 Å². The minimum Gasteiger partial charge on any atom is -0.475 e. The summed E-state index contributed by atoms with van der Waals surface area (Å²) in [5, 5.41) is 9.27. The van der Waals surface area contributed by atoms with Crippen LogP contribution in [0.4, 0.5) is 13.2 Å². The van der Waals surface area contributed by atoms with Crippen molar-refractivity contribution in [1.29, 1.82) is 0 Å². The molecular formula is C21H28F3N3O4S. The summed E-state index contributed by atoms with van der Waals surface area (Å²) >= 11 is 1.82. The van der Waals surface area contributed by atoms with Crippen LogP contribution in [0, 0.1) is 5.92 Å². The van der Waals surface area contributed by atoms with E-state index >= 15 is 0 Å². The molecule has 0 saturated heterocycles. The van der Waals surface area contributed by atoms with Crippen molar-refractivity contribution >= 4 is 23.2 Å². The van der Waals surface area contributed by atoms with Crippen molar-refractivity contribution in [2.45, 2.75) is 32.2 Å². The monoisotopic (exact) mass is 475 g/mol. The van der Waals surface area contributed by atoms with Crippen LogP contribution >= 0.6 is 11.3 Å². The number of carboxylic acids is 1. The molecule has 1 unspecified atom stereocenters. The summed E-state index contributed by atoms with van der Waals surface area (Å²) in [6.07, 6.45) is -1.94. The second-order valence-corrected chi connectivity index (χ2v) is 8.73. The first kappa shape index (κ1) is 25.9. The summed E-state index contributed by atoms with van der Waals surface area (Å²) in [5.41, 5.74) is 1.38. The fourth-order valence-electron chi connectivity index (χ4n) is 3.23. The molecule has 1 aliphatic heterocycles. The fraction of sp³-hybridized carbons (Fsp3) is 0.524. The molecule has 0 fully saturated rings. The molecule has 7 nitrogen and oxygen atoms in total. The number of amides is 1. The number of fused-ring (bicyclic) bond motifs is 1. The Morgan fingerprint density at radius 1 is 1.25 bits per heavy atom. The zero-order chi connectivity index (χ0) is 23.7. The van der Waals surface area contributed by atoms with Crippen molar-refractivity contribution in [3.05, 3.63) is 46.4 Å². The van der Waals surface area contributed by atoms with Crippen molar-refractivity contribution in [2.75, 3.05) is 33.9 Å². The van der Waals surface area contributed by atoms with Crippen molar-refractivity contribution in [3.63, 3.8) is 0 Å². The summed E-state index contributed by atoms with van der Waals surface area (Å²) in [5.74, 6) is -2.21. The van der Waals surface area contributed by atoms with E-state index in [1.807, 2.05) is 11.3 Å². The number of hydrogen-bond acceptors (Lipinski definition) is 5. The van der Waals surface area contributed by atoms with E-state index in [0.29, 0.717) is 12.5 Å². The van der Waals surface area contributed by atoms with Gasteiger partial charge in [0.2, 0.25) is 5.91 Å². The summed E-state index contributed by atoms with van der Waals surface area (Å²) in [6.45, 7) is 4.88. The molecule has 0 radical (unpaired) electrons. The number of halogens is 3. The van der Waals surface area contributed by atoms with Crippen LogP contribution in [0.5, 0.6) is 0 Å². The second kappa shape index (κ2) is 12.0. The Labute approximate surface area is 189 Å². The SMILES string of the molecule is CN(C)C(=O)COCCC1CN(Cc2cccs2)Cc2cccn2C1.O=C(O)C(F)(F)F. The quantitative estimate of drug-likeness (QED) is 0.622. The number of alkyl halides is 3. The second-order valence-electron chi connectivity index (χ2n) is 7.70. The van der Waals surface area contributed by atoms with Crippen LogP contribution in [0.25, 0.3) is 0 Å². The van der Waals surface area contributed by atoms with Gasteiger partial charge < -0.3 is 19.3 Å². The van der Waals surface area contributed by atoms with Crippen molar-refractivity contribution in [2.24, 2.45) is 5.92 Å². The smallest absolute Gasteiger partial charge is 0.475 e. The van der Waals surface area contributed by atoms with Crippen LogP contribution in [0.15, 0.2) is 35.8 Å². The highest BCUT2D eigenvalue weighted by atomic mass is 32.1. The van der Waals surface area contributed by atoms with E-state index in [1.165, 1.54) is 10.6 Å². The first-order chi connectivity index (χ1) is 15.1. The van der Waals surface area contributed by atoms with Gasteiger partial charge in [-0.3, -0.25) is 9.69 Å². The Balaban J connectivity index is 0.000000451.